The number of halogens is 1. The monoisotopic (exact) mass is 253 g/mol. The van der Waals surface area contributed by atoms with E-state index in [2.05, 4.69) is 0 Å². The number of hydrogen-bond acceptors (Lipinski definition) is 2. The van der Waals surface area contributed by atoms with Gasteiger partial charge in [0.15, 0.2) is 0 Å². The Bertz CT molecular complexity index is 394. The van der Waals surface area contributed by atoms with E-state index < -0.39 is 0 Å². The van der Waals surface area contributed by atoms with Gasteiger partial charge in [0.25, 0.3) is 0 Å². The van der Waals surface area contributed by atoms with Crippen LogP contribution in [0.1, 0.15) is 32.3 Å². The van der Waals surface area contributed by atoms with Crippen LogP contribution in [-0.2, 0) is 6.42 Å². The van der Waals surface area contributed by atoms with Gasteiger partial charge in [-0.05, 0) is 62.8 Å². The molecule has 0 heterocycles. The van der Waals surface area contributed by atoms with Gasteiger partial charge in [-0.2, -0.15) is 0 Å². The Morgan fingerprint density at radius 1 is 1.35 bits per heavy atom. The molecule has 0 amide bonds. The normalized spacial score (nSPS) is 16.0. The van der Waals surface area contributed by atoms with E-state index in [1.807, 2.05) is 32.0 Å². The average molecular weight is 254 g/mol. The summed E-state index contributed by atoms with van der Waals surface area (Å²) < 4.78 is 5.74. The van der Waals surface area contributed by atoms with Crippen LogP contribution in [-0.4, -0.2) is 12.1 Å². The highest BCUT2D eigenvalue weighted by Crippen LogP contribution is 2.30. The lowest BCUT2D eigenvalue weighted by Crippen LogP contribution is -2.34. The molecule has 0 unspecified atom stereocenters. The third-order valence-electron chi connectivity index (χ3n) is 2.77. The molecule has 1 fully saturated rings. The predicted octanol–water partition coefficient (Wildman–Crippen LogP) is 3.41. The first kappa shape index (κ1) is 12.7. The molecule has 2 rings (SSSR count). The highest BCUT2D eigenvalue weighted by molar-refractivity contribution is 6.30. The lowest BCUT2D eigenvalue weighted by atomic mass is 9.96. The second kappa shape index (κ2) is 4.87. The summed E-state index contributed by atoms with van der Waals surface area (Å²) in [5.41, 5.74) is 6.93. The van der Waals surface area contributed by atoms with Crippen molar-refractivity contribution in [1.82, 2.24) is 0 Å². The Morgan fingerprint density at radius 2 is 2.06 bits per heavy atom. The third-order valence-corrected chi connectivity index (χ3v) is 2.99. The fourth-order valence-corrected chi connectivity index (χ4v) is 2.08. The van der Waals surface area contributed by atoms with Crippen LogP contribution in [0.5, 0.6) is 5.75 Å². The van der Waals surface area contributed by atoms with Crippen LogP contribution < -0.4 is 10.5 Å². The Hall–Kier alpha value is -0.730. The van der Waals surface area contributed by atoms with Crippen LogP contribution in [0.3, 0.4) is 0 Å². The molecule has 0 radical (unpaired) electrons. The van der Waals surface area contributed by atoms with Crippen molar-refractivity contribution in [3.8, 4) is 5.75 Å². The molecule has 1 aliphatic rings. The molecule has 0 aromatic heterocycles. The van der Waals surface area contributed by atoms with Crippen LogP contribution in [0.25, 0.3) is 0 Å². The summed E-state index contributed by atoms with van der Waals surface area (Å²) in [5, 5.41) is 0.720. The lowest BCUT2D eigenvalue weighted by Gasteiger charge is -2.19. The maximum Gasteiger partial charge on any atom is 0.121 e. The molecule has 2 N–H and O–H groups in total. The van der Waals surface area contributed by atoms with Gasteiger partial charge in [-0.3, -0.25) is 0 Å². The largest absolute Gasteiger partial charge is 0.493 e. The molecular formula is C14H20ClNO. The van der Waals surface area contributed by atoms with E-state index in [1.54, 1.807) is 0 Å². The first-order valence-corrected chi connectivity index (χ1v) is 6.51. The minimum Gasteiger partial charge on any atom is -0.493 e. The highest BCUT2D eigenvalue weighted by atomic mass is 35.5. The van der Waals surface area contributed by atoms with Gasteiger partial charge in [-0.1, -0.05) is 11.6 Å². The summed E-state index contributed by atoms with van der Waals surface area (Å²) in [6.45, 7) is 4.84. The summed E-state index contributed by atoms with van der Waals surface area (Å²) in [7, 11) is 0. The van der Waals surface area contributed by atoms with Crippen molar-refractivity contribution in [2.75, 3.05) is 6.61 Å². The number of ether oxygens (including phenoxy) is 1. The van der Waals surface area contributed by atoms with Gasteiger partial charge in [-0.25, -0.2) is 0 Å². The quantitative estimate of drug-likeness (QED) is 0.873. The van der Waals surface area contributed by atoms with Gasteiger partial charge in [0.1, 0.15) is 5.75 Å². The molecule has 3 heteroatoms. The highest BCUT2D eigenvalue weighted by Gasteiger charge is 2.22. The van der Waals surface area contributed by atoms with Crippen LogP contribution in [0.4, 0.5) is 0 Å². The molecule has 1 aromatic carbocycles. The first-order chi connectivity index (χ1) is 7.92. The van der Waals surface area contributed by atoms with Crippen LogP contribution in [0.15, 0.2) is 18.2 Å². The molecule has 2 nitrogen and oxygen atoms in total. The van der Waals surface area contributed by atoms with Gasteiger partial charge < -0.3 is 10.5 Å². The predicted molar refractivity (Wildman–Crippen MR) is 71.6 cm³/mol. The molecule has 0 spiro atoms. The summed E-state index contributed by atoms with van der Waals surface area (Å²) in [6, 6.07) is 5.87. The molecule has 1 saturated carbocycles. The Labute approximate surface area is 108 Å². The van der Waals surface area contributed by atoms with Crippen molar-refractivity contribution in [2.24, 2.45) is 11.7 Å². The number of nitrogens with two attached hydrogens (primary N) is 1. The topological polar surface area (TPSA) is 35.2 Å². The summed E-state index contributed by atoms with van der Waals surface area (Å²) in [5.74, 6) is 1.62. The second-order valence-electron chi connectivity index (χ2n) is 5.71. The Morgan fingerprint density at radius 3 is 2.65 bits per heavy atom. The number of benzene rings is 1. The zero-order valence-corrected chi connectivity index (χ0v) is 11.3. The molecule has 17 heavy (non-hydrogen) atoms. The van der Waals surface area contributed by atoms with Crippen molar-refractivity contribution >= 4 is 11.6 Å². The zero-order chi connectivity index (χ0) is 12.5. The Balaban J connectivity index is 2.04. The van der Waals surface area contributed by atoms with E-state index in [9.17, 15) is 0 Å². The zero-order valence-electron chi connectivity index (χ0n) is 10.5. The van der Waals surface area contributed by atoms with Gasteiger partial charge in [-0.15, -0.1) is 0 Å². The summed E-state index contributed by atoms with van der Waals surface area (Å²) >= 11 is 6.09. The third kappa shape index (κ3) is 4.57. The van der Waals surface area contributed by atoms with Crippen molar-refractivity contribution in [1.29, 1.82) is 0 Å². The molecule has 94 valence electrons. The first-order valence-electron chi connectivity index (χ1n) is 6.13. The van der Waals surface area contributed by atoms with Crippen molar-refractivity contribution < 1.29 is 4.74 Å². The van der Waals surface area contributed by atoms with E-state index in [0.29, 0.717) is 0 Å². The van der Waals surface area contributed by atoms with E-state index in [1.165, 1.54) is 12.8 Å². The van der Waals surface area contributed by atoms with Crippen LogP contribution in [0.2, 0.25) is 5.02 Å². The van der Waals surface area contributed by atoms with Crippen molar-refractivity contribution in [3.05, 3.63) is 28.8 Å². The maximum atomic E-state index is 6.09. The van der Waals surface area contributed by atoms with Crippen LogP contribution >= 0.6 is 11.6 Å². The molecule has 0 aliphatic heterocycles. The molecule has 1 aliphatic carbocycles. The molecule has 0 atom stereocenters. The fourth-order valence-electron chi connectivity index (χ4n) is 1.83. The molecule has 0 saturated heterocycles. The smallest absolute Gasteiger partial charge is 0.121 e. The van der Waals surface area contributed by atoms with Gasteiger partial charge in [0.05, 0.1) is 6.61 Å². The number of rotatable bonds is 5. The lowest BCUT2D eigenvalue weighted by molar-refractivity contribution is 0.299. The van der Waals surface area contributed by atoms with Crippen molar-refractivity contribution in [2.45, 2.75) is 38.6 Å². The minimum absolute atomic E-state index is 0.224. The average Bonchev–Trinajstić information content (AvgIpc) is 2.94. The fraction of sp³-hybridized carbons (Fsp3) is 0.571. The SMILES string of the molecule is CC(C)(N)Cc1cc(Cl)cc(OCC2CC2)c1. The minimum atomic E-state index is -0.224. The van der Waals surface area contributed by atoms with Gasteiger partial charge in [0.2, 0.25) is 0 Å². The molecule has 0 bridgehead atoms. The summed E-state index contributed by atoms with van der Waals surface area (Å²) in [6.07, 6.45) is 3.39. The molecular weight excluding hydrogens is 234 g/mol. The number of hydrogen-bond donors (Lipinski definition) is 1. The van der Waals surface area contributed by atoms with Crippen LogP contribution in [0, 0.1) is 5.92 Å². The Kier molecular flexibility index (Phi) is 3.64. The standard InChI is InChI=1S/C14H20ClNO/c1-14(2,16)8-11-5-12(15)7-13(6-11)17-9-10-3-4-10/h5-7,10H,3-4,8-9,16H2,1-2H3. The molecule has 1 aromatic rings. The summed E-state index contributed by atoms with van der Waals surface area (Å²) in [4.78, 5) is 0. The van der Waals surface area contributed by atoms with E-state index >= 15 is 0 Å². The van der Waals surface area contributed by atoms with E-state index in [0.717, 1.165) is 35.3 Å². The van der Waals surface area contributed by atoms with Crippen molar-refractivity contribution in [3.63, 3.8) is 0 Å². The maximum absolute atomic E-state index is 6.09. The van der Waals surface area contributed by atoms with Gasteiger partial charge in [0, 0.05) is 10.6 Å². The van der Waals surface area contributed by atoms with E-state index in [4.69, 9.17) is 22.1 Å². The van der Waals surface area contributed by atoms with Gasteiger partial charge >= 0.3 is 0 Å². The van der Waals surface area contributed by atoms with E-state index in [-0.39, 0.29) is 5.54 Å². The second-order valence-corrected chi connectivity index (χ2v) is 6.15.